The molecule has 2 rings (SSSR count). The van der Waals surface area contributed by atoms with Gasteiger partial charge in [-0.05, 0) is 37.8 Å². The van der Waals surface area contributed by atoms with Gasteiger partial charge in [-0.1, -0.05) is 19.4 Å². The molecule has 1 fully saturated rings. The van der Waals surface area contributed by atoms with Gasteiger partial charge in [-0.15, -0.1) is 0 Å². The average Bonchev–Trinajstić information content (AvgIpc) is 2.87. The lowest BCUT2D eigenvalue weighted by Crippen LogP contribution is -2.50. The lowest BCUT2D eigenvalue weighted by molar-refractivity contribution is -0.142. The van der Waals surface area contributed by atoms with Crippen LogP contribution in [0.25, 0.3) is 0 Å². The molecule has 0 saturated carbocycles. The molecule has 10 heteroatoms. The Hall–Kier alpha value is -3.17. The molecule has 2 atom stereocenters. The van der Waals surface area contributed by atoms with Crippen molar-refractivity contribution in [1.29, 1.82) is 0 Å². The van der Waals surface area contributed by atoms with E-state index in [1.54, 1.807) is 6.92 Å². The Balaban J connectivity index is 1.99. The Bertz CT molecular complexity index is 862. The Kier molecular flexibility index (Phi) is 7.95. The molecule has 170 valence electrons. The molecule has 1 aliphatic rings. The van der Waals surface area contributed by atoms with Gasteiger partial charge in [-0.25, -0.2) is 9.18 Å². The number of hydrogen-bond acceptors (Lipinski definition) is 4. The molecular weight excluding hydrogens is 405 g/mol. The molecular formula is C21H30FN5O4. The van der Waals surface area contributed by atoms with Crippen molar-refractivity contribution in [2.75, 3.05) is 32.0 Å². The number of benzene rings is 1. The van der Waals surface area contributed by atoms with Crippen LogP contribution in [0, 0.1) is 17.2 Å². The number of halogens is 1. The van der Waals surface area contributed by atoms with Crippen molar-refractivity contribution in [3.63, 3.8) is 0 Å². The summed E-state index contributed by atoms with van der Waals surface area (Å²) in [5.74, 6) is -2.22. The second kappa shape index (κ2) is 10.2. The molecule has 0 radical (unpaired) electrons. The summed E-state index contributed by atoms with van der Waals surface area (Å²) in [6.45, 7) is 4.47. The van der Waals surface area contributed by atoms with Crippen molar-refractivity contribution >= 4 is 29.4 Å². The normalized spacial score (nSPS) is 19.5. The zero-order valence-corrected chi connectivity index (χ0v) is 18.1. The van der Waals surface area contributed by atoms with Gasteiger partial charge in [0.05, 0.1) is 11.3 Å². The summed E-state index contributed by atoms with van der Waals surface area (Å²) in [7, 11) is 1.50. The lowest BCUT2D eigenvalue weighted by Gasteiger charge is -2.27. The molecule has 1 heterocycles. The minimum absolute atomic E-state index is 0.0161. The van der Waals surface area contributed by atoms with E-state index in [9.17, 15) is 23.6 Å². The molecule has 0 aliphatic carbocycles. The van der Waals surface area contributed by atoms with Crippen LogP contribution in [0.2, 0.25) is 0 Å². The Morgan fingerprint density at radius 3 is 2.71 bits per heavy atom. The number of nitrogens with one attached hydrogen (secondary N) is 3. The minimum Gasteiger partial charge on any atom is -0.355 e. The minimum atomic E-state index is -1.12. The Labute approximate surface area is 180 Å². The zero-order valence-electron chi connectivity index (χ0n) is 18.1. The summed E-state index contributed by atoms with van der Waals surface area (Å²) in [4.78, 5) is 50.2. The van der Waals surface area contributed by atoms with Crippen molar-refractivity contribution in [2.24, 2.45) is 17.1 Å². The zero-order chi connectivity index (χ0) is 23.2. The van der Waals surface area contributed by atoms with E-state index in [-0.39, 0.29) is 42.1 Å². The number of carbonyl (C=O) groups is 4. The Morgan fingerprint density at radius 2 is 2.03 bits per heavy atom. The van der Waals surface area contributed by atoms with Gasteiger partial charge < -0.3 is 26.6 Å². The van der Waals surface area contributed by atoms with Gasteiger partial charge in [-0.3, -0.25) is 14.4 Å². The number of rotatable bonds is 7. The standard InChI is InChI=1S/C21H30FN5O4/c1-13(11-25-19(30)21(2)9-4-5-10-24-18(21)29)12-27(3)17(28)16-14(22)7-6-8-15(16)26-20(23)31/h6-8,13H,4-5,9-12H2,1-3H3,(H,24,29)(H,25,30)(H3,23,26,31). The number of urea groups is 1. The van der Waals surface area contributed by atoms with Crippen molar-refractivity contribution in [2.45, 2.75) is 33.1 Å². The van der Waals surface area contributed by atoms with Gasteiger partial charge in [-0.2, -0.15) is 0 Å². The van der Waals surface area contributed by atoms with Crippen molar-refractivity contribution in [3.8, 4) is 0 Å². The monoisotopic (exact) mass is 435 g/mol. The second-order valence-electron chi connectivity index (χ2n) is 8.20. The van der Waals surface area contributed by atoms with E-state index in [4.69, 9.17) is 5.73 Å². The number of anilines is 1. The largest absolute Gasteiger partial charge is 0.355 e. The average molecular weight is 436 g/mol. The number of carbonyl (C=O) groups excluding carboxylic acids is 4. The molecule has 1 saturated heterocycles. The number of primary amides is 1. The van der Waals surface area contributed by atoms with Crippen LogP contribution >= 0.6 is 0 Å². The fourth-order valence-corrected chi connectivity index (χ4v) is 3.58. The smallest absolute Gasteiger partial charge is 0.316 e. The van der Waals surface area contributed by atoms with Crippen LogP contribution in [-0.2, 0) is 9.59 Å². The first-order valence-corrected chi connectivity index (χ1v) is 10.2. The highest BCUT2D eigenvalue weighted by Crippen LogP contribution is 2.27. The number of hydrogen-bond donors (Lipinski definition) is 4. The van der Waals surface area contributed by atoms with Gasteiger partial charge in [0, 0.05) is 26.7 Å². The predicted octanol–water partition coefficient (Wildman–Crippen LogP) is 1.45. The van der Waals surface area contributed by atoms with E-state index in [1.165, 1.54) is 24.1 Å². The van der Waals surface area contributed by atoms with E-state index >= 15 is 0 Å². The summed E-state index contributed by atoms with van der Waals surface area (Å²) >= 11 is 0. The van der Waals surface area contributed by atoms with E-state index in [0.29, 0.717) is 13.0 Å². The highest BCUT2D eigenvalue weighted by molar-refractivity contribution is 6.05. The van der Waals surface area contributed by atoms with Crippen LogP contribution in [0.3, 0.4) is 0 Å². The first-order valence-electron chi connectivity index (χ1n) is 10.2. The van der Waals surface area contributed by atoms with Crippen LogP contribution in [0.4, 0.5) is 14.9 Å². The summed E-state index contributed by atoms with van der Waals surface area (Å²) in [5, 5.41) is 7.81. The van der Waals surface area contributed by atoms with Crippen LogP contribution in [-0.4, -0.2) is 55.3 Å². The fourth-order valence-electron chi connectivity index (χ4n) is 3.58. The van der Waals surface area contributed by atoms with Gasteiger partial charge in [0.15, 0.2) is 0 Å². The van der Waals surface area contributed by atoms with Crippen LogP contribution in [0.15, 0.2) is 18.2 Å². The maximum Gasteiger partial charge on any atom is 0.316 e. The number of amides is 5. The SMILES string of the molecule is CC(CNC(=O)C1(C)CCCCNC1=O)CN(C)C(=O)c1c(F)cccc1NC(N)=O. The second-order valence-corrected chi connectivity index (χ2v) is 8.20. The predicted molar refractivity (Wildman–Crippen MR) is 114 cm³/mol. The van der Waals surface area contributed by atoms with Crippen LogP contribution in [0.5, 0.6) is 0 Å². The molecule has 5 amide bonds. The maximum absolute atomic E-state index is 14.3. The summed E-state index contributed by atoms with van der Waals surface area (Å²) in [6, 6.07) is 2.96. The quantitative estimate of drug-likeness (QED) is 0.482. The van der Waals surface area contributed by atoms with Gasteiger partial charge in [0.1, 0.15) is 11.2 Å². The summed E-state index contributed by atoms with van der Waals surface area (Å²) in [6.07, 6.45) is 2.08. The molecule has 5 N–H and O–H groups in total. The van der Waals surface area contributed by atoms with Crippen molar-refractivity contribution in [1.82, 2.24) is 15.5 Å². The molecule has 0 spiro atoms. The van der Waals surface area contributed by atoms with E-state index in [2.05, 4.69) is 16.0 Å². The molecule has 1 aliphatic heterocycles. The molecule has 31 heavy (non-hydrogen) atoms. The van der Waals surface area contributed by atoms with E-state index in [1.807, 2.05) is 6.92 Å². The van der Waals surface area contributed by atoms with Crippen molar-refractivity contribution in [3.05, 3.63) is 29.6 Å². The van der Waals surface area contributed by atoms with Gasteiger partial charge in [0.25, 0.3) is 5.91 Å². The maximum atomic E-state index is 14.3. The van der Waals surface area contributed by atoms with Crippen LogP contribution in [0.1, 0.15) is 43.5 Å². The van der Waals surface area contributed by atoms with E-state index < -0.39 is 23.2 Å². The van der Waals surface area contributed by atoms with Crippen LogP contribution < -0.4 is 21.7 Å². The van der Waals surface area contributed by atoms with Gasteiger partial charge >= 0.3 is 6.03 Å². The van der Waals surface area contributed by atoms with Crippen molar-refractivity contribution < 1.29 is 23.6 Å². The third-order valence-electron chi connectivity index (χ3n) is 5.42. The lowest BCUT2D eigenvalue weighted by atomic mass is 9.83. The first-order chi connectivity index (χ1) is 14.6. The first kappa shape index (κ1) is 24.1. The topological polar surface area (TPSA) is 134 Å². The summed E-state index contributed by atoms with van der Waals surface area (Å²) in [5.41, 5.74) is 3.66. The Morgan fingerprint density at radius 1 is 1.32 bits per heavy atom. The summed E-state index contributed by atoms with van der Waals surface area (Å²) < 4.78 is 14.3. The number of nitrogens with zero attached hydrogens (tertiary/aromatic N) is 1. The number of nitrogens with two attached hydrogens (primary N) is 1. The third kappa shape index (κ3) is 5.93. The van der Waals surface area contributed by atoms with E-state index in [0.717, 1.165) is 18.9 Å². The molecule has 1 aromatic carbocycles. The third-order valence-corrected chi connectivity index (χ3v) is 5.42. The molecule has 0 aromatic heterocycles. The molecule has 2 unspecified atom stereocenters. The molecule has 1 aromatic rings. The molecule has 9 nitrogen and oxygen atoms in total. The highest BCUT2D eigenvalue weighted by Gasteiger charge is 2.41. The fraction of sp³-hybridized carbons (Fsp3) is 0.524. The highest BCUT2D eigenvalue weighted by atomic mass is 19.1. The molecule has 0 bridgehead atoms. The van der Waals surface area contributed by atoms with Gasteiger partial charge in [0.2, 0.25) is 11.8 Å².